The Morgan fingerprint density at radius 3 is 2.14 bits per heavy atom. The SMILES string of the molecule is COc1ccc(CN(c2scnc2C(=O)OC(C)(C)C)S(=O)(=O)c2ccc(C3CCN(C(=O)OC(C)(C)C)CC3)nc2)cc1. The van der Waals surface area contributed by atoms with Crippen molar-refractivity contribution in [3.8, 4) is 5.75 Å². The maximum Gasteiger partial charge on any atom is 0.410 e. The summed E-state index contributed by atoms with van der Waals surface area (Å²) in [6.45, 7) is 11.7. The molecule has 1 saturated heterocycles. The number of benzene rings is 1. The van der Waals surface area contributed by atoms with E-state index < -0.39 is 27.2 Å². The molecule has 3 heterocycles. The number of methoxy groups -OCH3 is 1. The number of thiazole rings is 1. The largest absolute Gasteiger partial charge is 0.497 e. The minimum Gasteiger partial charge on any atom is -0.497 e. The molecule has 1 aliphatic heterocycles. The summed E-state index contributed by atoms with van der Waals surface area (Å²) >= 11 is 1.04. The number of nitrogens with zero attached hydrogens (tertiary/aromatic N) is 4. The first kappa shape index (κ1) is 33.2. The van der Waals surface area contributed by atoms with Crippen molar-refractivity contribution < 1.29 is 32.2 Å². The van der Waals surface area contributed by atoms with Crippen LogP contribution in [0.3, 0.4) is 0 Å². The Bertz CT molecular complexity index is 1550. The van der Waals surface area contributed by atoms with Gasteiger partial charge in [-0.1, -0.05) is 12.1 Å². The molecule has 0 saturated carbocycles. The Hall–Kier alpha value is -3.71. The highest BCUT2D eigenvalue weighted by Gasteiger charge is 2.34. The van der Waals surface area contributed by atoms with Gasteiger partial charge in [-0.3, -0.25) is 9.29 Å². The number of anilines is 1. The monoisotopic (exact) mass is 644 g/mol. The number of pyridine rings is 1. The molecule has 11 nitrogen and oxygen atoms in total. The van der Waals surface area contributed by atoms with Crippen molar-refractivity contribution in [2.24, 2.45) is 0 Å². The van der Waals surface area contributed by atoms with E-state index in [1.807, 2.05) is 20.8 Å². The Kier molecular flexibility index (Phi) is 9.89. The van der Waals surface area contributed by atoms with Crippen molar-refractivity contribution in [3.63, 3.8) is 0 Å². The molecule has 0 radical (unpaired) electrons. The molecule has 4 rings (SSSR count). The van der Waals surface area contributed by atoms with E-state index in [4.69, 9.17) is 14.2 Å². The Balaban J connectivity index is 1.59. The maximum atomic E-state index is 14.2. The smallest absolute Gasteiger partial charge is 0.410 e. The number of esters is 1. The molecule has 0 N–H and O–H groups in total. The quantitative estimate of drug-likeness (QED) is 0.271. The molecule has 0 atom stereocenters. The zero-order valence-corrected chi connectivity index (χ0v) is 27.8. The number of amides is 1. The Labute approximate surface area is 263 Å². The van der Waals surface area contributed by atoms with E-state index in [0.717, 1.165) is 17.0 Å². The third-order valence-electron chi connectivity index (χ3n) is 6.76. The average Bonchev–Trinajstić information content (AvgIpc) is 3.44. The van der Waals surface area contributed by atoms with Gasteiger partial charge in [0.25, 0.3) is 10.0 Å². The molecular weight excluding hydrogens is 604 g/mol. The van der Waals surface area contributed by atoms with E-state index in [-0.39, 0.29) is 34.1 Å². The van der Waals surface area contributed by atoms with Gasteiger partial charge in [0.1, 0.15) is 26.8 Å². The van der Waals surface area contributed by atoms with E-state index in [2.05, 4.69) is 9.97 Å². The zero-order valence-electron chi connectivity index (χ0n) is 26.2. The van der Waals surface area contributed by atoms with Gasteiger partial charge in [0.2, 0.25) is 0 Å². The van der Waals surface area contributed by atoms with E-state index >= 15 is 0 Å². The lowest BCUT2D eigenvalue weighted by molar-refractivity contribution is 0.00637. The van der Waals surface area contributed by atoms with Gasteiger partial charge in [0.15, 0.2) is 5.69 Å². The first-order chi connectivity index (χ1) is 20.6. The molecular formula is C31H40N4O7S2. The number of hydrogen-bond acceptors (Lipinski definition) is 10. The molecule has 0 aliphatic carbocycles. The van der Waals surface area contributed by atoms with Gasteiger partial charge < -0.3 is 19.1 Å². The van der Waals surface area contributed by atoms with Crippen LogP contribution in [0.5, 0.6) is 5.75 Å². The first-order valence-corrected chi connectivity index (χ1v) is 16.7. The third-order valence-corrected chi connectivity index (χ3v) is 9.46. The summed E-state index contributed by atoms with van der Waals surface area (Å²) in [5.74, 6) is -0.0110. The minimum absolute atomic E-state index is 0.0236. The van der Waals surface area contributed by atoms with Crippen molar-refractivity contribution in [1.29, 1.82) is 0 Å². The van der Waals surface area contributed by atoms with Crippen LogP contribution in [0.2, 0.25) is 0 Å². The van der Waals surface area contributed by atoms with Crippen LogP contribution in [0.1, 0.15) is 82.0 Å². The van der Waals surface area contributed by atoms with Crippen LogP contribution in [0.15, 0.2) is 53.0 Å². The molecule has 0 spiro atoms. The van der Waals surface area contributed by atoms with Gasteiger partial charge in [-0.15, -0.1) is 11.3 Å². The summed E-state index contributed by atoms with van der Waals surface area (Å²) in [5.41, 5.74) is 1.42. The summed E-state index contributed by atoms with van der Waals surface area (Å²) in [6.07, 6.45) is 2.38. The van der Waals surface area contributed by atoms with Crippen LogP contribution in [-0.4, -0.2) is 66.7 Å². The van der Waals surface area contributed by atoms with Crippen LogP contribution >= 0.6 is 11.3 Å². The minimum atomic E-state index is -4.19. The zero-order chi connectivity index (χ0) is 32.3. The number of hydrogen-bond donors (Lipinski definition) is 0. The highest BCUT2D eigenvalue weighted by Crippen LogP contribution is 2.34. The molecule has 0 bridgehead atoms. The van der Waals surface area contributed by atoms with Crippen molar-refractivity contribution in [3.05, 3.63) is 65.1 Å². The van der Waals surface area contributed by atoms with E-state index in [1.165, 1.54) is 22.1 Å². The standard InChI is InChI=1S/C31H40N4O7S2/c1-30(2,3)41-28(36)26-27(43-20-33-26)35(19-21-8-10-23(40-7)11-9-21)44(38,39)24-12-13-25(32-18-24)22-14-16-34(17-15-22)29(37)42-31(4,5)6/h8-13,18,20,22H,14-17,19H2,1-7H3. The fraction of sp³-hybridized carbons (Fsp3) is 0.484. The van der Waals surface area contributed by atoms with Gasteiger partial charge in [0.05, 0.1) is 19.2 Å². The molecule has 1 aromatic carbocycles. The van der Waals surface area contributed by atoms with Crippen LogP contribution in [0, 0.1) is 0 Å². The lowest BCUT2D eigenvalue weighted by Gasteiger charge is -2.33. The number of likely N-dealkylation sites (tertiary alicyclic amines) is 1. The second-order valence-electron chi connectivity index (χ2n) is 12.5. The molecule has 238 valence electrons. The predicted molar refractivity (Wildman–Crippen MR) is 168 cm³/mol. The predicted octanol–water partition coefficient (Wildman–Crippen LogP) is 6.01. The topological polar surface area (TPSA) is 128 Å². The average molecular weight is 645 g/mol. The number of sulfonamides is 1. The Morgan fingerprint density at radius 1 is 0.955 bits per heavy atom. The van der Waals surface area contributed by atoms with Gasteiger partial charge in [-0.25, -0.2) is 23.0 Å². The van der Waals surface area contributed by atoms with Gasteiger partial charge >= 0.3 is 12.1 Å². The van der Waals surface area contributed by atoms with Crippen molar-refractivity contribution >= 4 is 38.4 Å². The summed E-state index contributed by atoms with van der Waals surface area (Å²) in [6, 6.07) is 10.3. The molecule has 1 aliphatic rings. The molecule has 3 aromatic rings. The number of piperidine rings is 1. The molecule has 1 amide bonds. The van der Waals surface area contributed by atoms with Crippen LogP contribution in [0.25, 0.3) is 0 Å². The number of rotatable bonds is 8. The van der Waals surface area contributed by atoms with E-state index in [0.29, 0.717) is 37.2 Å². The Morgan fingerprint density at radius 2 is 1.59 bits per heavy atom. The molecule has 0 unspecified atom stereocenters. The van der Waals surface area contributed by atoms with Crippen molar-refractivity contribution in [2.75, 3.05) is 24.5 Å². The summed E-state index contributed by atoms with van der Waals surface area (Å²) in [7, 11) is -2.64. The molecule has 13 heteroatoms. The van der Waals surface area contributed by atoms with Crippen LogP contribution in [-0.2, 0) is 26.0 Å². The number of ether oxygens (including phenoxy) is 3. The third kappa shape index (κ3) is 8.26. The van der Waals surface area contributed by atoms with E-state index in [9.17, 15) is 18.0 Å². The fourth-order valence-corrected chi connectivity index (χ4v) is 7.06. The second kappa shape index (κ2) is 13.1. The first-order valence-electron chi connectivity index (χ1n) is 14.3. The van der Waals surface area contributed by atoms with Gasteiger partial charge in [0, 0.05) is 30.9 Å². The lowest BCUT2D eigenvalue weighted by atomic mass is 9.93. The van der Waals surface area contributed by atoms with Gasteiger partial charge in [-0.05, 0) is 84.2 Å². The van der Waals surface area contributed by atoms with E-state index in [1.54, 1.807) is 63.1 Å². The number of carbonyl (C=O) groups is 2. The van der Waals surface area contributed by atoms with Crippen LogP contribution in [0.4, 0.5) is 9.80 Å². The van der Waals surface area contributed by atoms with Crippen LogP contribution < -0.4 is 9.04 Å². The van der Waals surface area contributed by atoms with Crippen molar-refractivity contribution in [1.82, 2.24) is 14.9 Å². The highest BCUT2D eigenvalue weighted by atomic mass is 32.2. The highest BCUT2D eigenvalue weighted by molar-refractivity contribution is 7.93. The summed E-state index contributed by atoms with van der Waals surface area (Å²) < 4.78 is 45.8. The number of aromatic nitrogens is 2. The molecule has 44 heavy (non-hydrogen) atoms. The normalized spacial score (nSPS) is 14.7. The second-order valence-corrected chi connectivity index (χ2v) is 15.2. The lowest BCUT2D eigenvalue weighted by Crippen LogP contribution is -2.41. The molecule has 1 fully saturated rings. The maximum absolute atomic E-state index is 14.2. The van der Waals surface area contributed by atoms with Gasteiger partial charge in [-0.2, -0.15) is 0 Å². The van der Waals surface area contributed by atoms with Crippen molar-refractivity contribution in [2.45, 2.75) is 82.9 Å². The fourth-order valence-electron chi connectivity index (χ4n) is 4.64. The number of carbonyl (C=O) groups excluding carboxylic acids is 2. The summed E-state index contributed by atoms with van der Waals surface area (Å²) in [5, 5.41) is 0.147. The molecule has 2 aromatic heterocycles. The summed E-state index contributed by atoms with van der Waals surface area (Å²) in [4.78, 5) is 35.9.